The zero-order valence-corrected chi connectivity index (χ0v) is 10.9. The molecule has 3 nitrogen and oxygen atoms in total. The van der Waals surface area contributed by atoms with Gasteiger partial charge >= 0.3 is 0 Å². The summed E-state index contributed by atoms with van der Waals surface area (Å²) in [6.07, 6.45) is 2.38. The van der Waals surface area contributed by atoms with Crippen LogP contribution in [0.1, 0.15) is 31.7 Å². The molecule has 1 unspecified atom stereocenters. The second kappa shape index (κ2) is 7.11. The number of carbonyl (C=O) groups is 1. The Morgan fingerprint density at radius 2 is 2.22 bits per heavy atom. The van der Waals surface area contributed by atoms with E-state index in [9.17, 15) is 9.18 Å². The molecule has 100 valence electrons. The molecule has 1 rings (SSSR count). The van der Waals surface area contributed by atoms with Crippen molar-refractivity contribution in [1.29, 1.82) is 0 Å². The summed E-state index contributed by atoms with van der Waals surface area (Å²) in [6, 6.07) is 4.73. The molecule has 4 heteroatoms. The topological polar surface area (TPSA) is 52.3 Å². The largest absolute Gasteiger partial charge is 0.494 e. The van der Waals surface area contributed by atoms with E-state index in [4.69, 9.17) is 10.5 Å². The van der Waals surface area contributed by atoms with Gasteiger partial charge in [0.2, 0.25) is 0 Å². The molecule has 0 aliphatic carbocycles. The quantitative estimate of drug-likeness (QED) is 0.812. The fraction of sp³-hybridized carbons (Fsp3) is 0.500. The number of carbonyl (C=O) groups excluding carboxylic acids is 1. The smallest absolute Gasteiger partial charge is 0.165 e. The average molecular weight is 253 g/mol. The first kappa shape index (κ1) is 14.6. The lowest BCUT2D eigenvalue weighted by atomic mass is 10.0. The van der Waals surface area contributed by atoms with Crippen molar-refractivity contribution in [3.63, 3.8) is 0 Å². The maximum atomic E-state index is 13.4. The van der Waals surface area contributed by atoms with E-state index >= 15 is 0 Å². The molecule has 18 heavy (non-hydrogen) atoms. The van der Waals surface area contributed by atoms with E-state index in [0.717, 1.165) is 12.8 Å². The Kier molecular flexibility index (Phi) is 5.78. The summed E-state index contributed by atoms with van der Waals surface area (Å²) in [5.41, 5.74) is 6.29. The van der Waals surface area contributed by atoms with E-state index in [1.807, 2.05) is 6.92 Å². The van der Waals surface area contributed by atoms with Crippen LogP contribution in [0.5, 0.6) is 5.75 Å². The van der Waals surface area contributed by atoms with Crippen LogP contribution < -0.4 is 10.5 Å². The van der Waals surface area contributed by atoms with Crippen LogP contribution in [-0.4, -0.2) is 18.9 Å². The number of benzene rings is 1. The number of hydrogen-bond donors (Lipinski definition) is 1. The number of nitrogens with two attached hydrogens (primary N) is 1. The zero-order chi connectivity index (χ0) is 13.5. The number of ketones is 1. The lowest BCUT2D eigenvalue weighted by molar-refractivity contribution is -0.118. The number of methoxy groups -OCH3 is 1. The maximum Gasteiger partial charge on any atom is 0.165 e. The molecule has 0 fully saturated rings. The third-order valence-electron chi connectivity index (χ3n) is 2.73. The Labute approximate surface area is 107 Å². The lowest BCUT2D eigenvalue weighted by Crippen LogP contribution is -2.15. The van der Waals surface area contributed by atoms with Crippen molar-refractivity contribution in [3.8, 4) is 5.75 Å². The standard InChI is InChI=1S/C14H20FNO2/c1-10(16)4-3-5-12(17)8-11-6-7-14(18-2)13(15)9-11/h6-7,9-10H,3-5,8,16H2,1-2H3. The summed E-state index contributed by atoms with van der Waals surface area (Å²) >= 11 is 0. The van der Waals surface area contributed by atoms with Gasteiger partial charge in [0.1, 0.15) is 5.78 Å². The highest BCUT2D eigenvalue weighted by Crippen LogP contribution is 2.18. The minimum atomic E-state index is -0.432. The highest BCUT2D eigenvalue weighted by molar-refractivity contribution is 5.80. The number of Topliss-reactive ketones (excluding diaryl/α,β-unsaturated/α-hetero) is 1. The summed E-state index contributed by atoms with van der Waals surface area (Å²) in [4.78, 5) is 11.7. The van der Waals surface area contributed by atoms with Gasteiger partial charge in [0.15, 0.2) is 11.6 Å². The number of halogens is 1. The Balaban J connectivity index is 2.47. The molecule has 1 aromatic carbocycles. The molecule has 0 radical (unpaired) electrons. The normalized spacial score (nSPS) is 12.2. The van der Waals surface area contributed by atoms with Crippen LogP contribution in [-0.2, 0) is 11.2 Å². The van der Waals surface area contributed by atoms with Crippen LogP contribution in [0.4, 0.5) is 4.39 Å². The van der Waals surface area contributed by atoms with Gasteiger partial charge in [0.05, 0.1) is 7.11 Å². The van der Waals surface area contributed by atoms with E-state index in [-0.39, 0.29) is 24.0 Å². The van der Waals surface area contributed by atoms with E-state index in [1.54, 1.807) is 12.1 Å². The Bertz CT molecular complexity index is 405. The SMILES string of the molecule is COc1ccc(CC(=O)CCCC(C)N)cc1F. The minimum absolute atomic E-state index is 0.111. The van der Waals surface area contributed by atoms with Crippen molar-refractivity contribution in [2.75, 3.05) is 7.11 Å². The van der Waals surface area contributed by atoms with E-state index < -0.39 is 5.82 Å². The van der Waals surface area contributed by atoms with Gasteiger partial charge in [-0.05, 0) is 37.5 Å². The number of rotatable bonds is 7. The summed E-state index contributed by atoms with van der Waals surface area (Å²) < 4.78 is 18.2. The molecule has 1 atom stereocenters. The monoisotopic (exact) mass is 253 g/mol. The second-order valence-electron chi connectivity index (χ2n) is 4.55. The summed E-state index contributed by atoms with van der Waals surface area (Å²) in [5, 5.41) is 0. The van der Waals surface area contributed by atoms with Crippen molar-refractivity contribution < 1.29 is 13.9 Å². The van der Waals surface area contributed by atoms with Crippen molar-refractivity contribution >= 4 is 5.78 Å². The molecule has 0 saturated carbocycles. The van der Waals surface area contributed by atoms with Crippen molar-refractivity contribution in [1.82, 2.24) is 0 Å². The van der Waals surface area contributed by atoms with Crippen LogP contribution in [0, 0.1) is 5.82 Å². The molecular weight excluding hydrogens is 233 g/mol. The minimum Gasteiger partial charge on any atom is -0.494 e. The van der Waals surface area contributed by atoms with E-state index in [0.29, 0.717) is 12.0 Å². The third kappa shape index (κ3) is 4.84. The maximum absolute atomic E-state index is 13.4. The van der Waals surface area contributed by atoms with Crippen molar-refractivity contribution in [2.45, 2.75) is 38.6 Å². The fourth-order valence-electron chi connectivity index (χ4n) is 1.76. The van der Waals surface area contributed by atoms with Crippen LogP contribution in [0.2, 0.25) is 0 Å². The third-order valence-corrected chi connectivity index (χ3v) is 2.73. The molecule has 0 bridgehead atoms. The Hall–Kier alpha value is -1.42. The van der Waals surface area contributed by atoms with Crippen LogP contribution >= 0.6 is 0 Å². The molecule has 0 heterocycles. The first-order valence-electron chi connectivity index (χ1n) is 6.12. The predicted molar refractivity (Wildman–Crippen MR) is 69.2 cm³/mol. The average Bonchev–Trinajstić information content (AvgIpc) is 2.28. The first-order valence-corrected chi connectivity index (χ1v) is 6.12. The van der Waals surface area contributed by atoms with Crippen molar-refractivity contribution in [2.24, 2.45) is 5.73 Å². The molecular formula is C14H20FNO2. The van der Waals surface area contributed by atoms with Crippen molar-refractivity contribution in [3.05, 3.63) is 29.6 Å². The van der Waals surface area contributed by atoms with Gasteiger partial charge in [-0.25, -0.2) is 4.39 Å². The summed E-state index contributed by atoms with van der Waals surface area (Å²) in [5.74, 6) is -0.123. The molecule has 2 N–H and O–H groups in total. The molecule has 1 aromatic rings. The van der Waals surface area contributed by atoms with Gasteiger partial charge in [0.25, 0.3) is 0 Å². The highest BCUT2D eigenvalue weighted by atomic mass is 19.1. The Morgan fingerprint density at radius 3 is 2.78 bits per heavy atom. The van der Waals surface area contributed by atoms with Gasteiger partial charge in [0, 0.05) is 18.9 Å². The molecule has 0 aromatic heterocycles. The van der Waals surface area contributed by atoms with Gasteiger partial charge in [-0.1, -0.05) is 6.07 Å². The summed E-state index contributed by atoms with van der Waals surface area (Å²) in [7, 11) is 1.41. The van der Waals surface area contributed by atoms with Gasteiger partial charge in [-0.2, -0.15) is 0 Å². The molecule has 0 amide bonds. The van der Waals surface area contributed by atoms with E-state index in [2.05, 4.69) is 0 Å². The Morgan fingerprint density at radius 1 is 1.50 bits per heavy atom. The van der Waals surface area contributed by atoms with E-state index in [1.165, 1.54) is 13.2 Å². The van der Waals surface area contributed by atoms with Crippen LogP contribution in [0.3, 0.4) is 0 Å². The van der Waals surface area contributed by atoms with Crippen LogP contribution in [0.25, 0.3) is 0 Å². The lowest BCUT2D eigenvalue weighted by Gasteiger charge is -2.06. The first-order chi connectivity index (χ1) is 8.52. The predicted octanol–water partition coefficient (Wildman–Crippen LogP) is 2.46. The number of ether oxygens (including phenoxy) is 1. The van der Waals surface area contributed by atoms with Crippen LogP contribution in [0.15, 0.2) is 18.2 Å². The van der Waals surface area contributed by atoms with Gasteiger partial charge in [-0.3, -0.25) is 4.79 Å². The highest BCUT2D eigenvalue weighted by Gasteiger charge is 2.08. The fourth-order valence-corrected chi connectivity index (χ4v) is 1.76. The van der Waals surface area contributed by atoms with Gasteiger partial charge in [-0.15, -0.1) is 0 Å². The van der Waals surface area contributed by atoms with Gasteiger partial charge < -0.3 is 10.5 Å². The molecule has 0 spiro atoms. The number of hydrogen-bond acceptors (Lipinski definition) is 3. The zero-order valence-electron chi connectivity index (χ0n) is 10.9. The second-order valence-corrected chi connectivity index (χ2v) is 4.55. The molecule has 0 aliphatic rings. The summed E-state index contributed by atoms with van der Waals surface area (Å²) in [6.45, 7) is 1.92. The molecule has 0 aliphatic heterocycles. The molecule has 0 saturated heterocycles.